The van der Waals surface area contributed by atoms with Crippen molar-refractivity contribution in [2.75, 3.05) is 26.5 Å². The number of carbonyl (C=O) groups is 2. The van der Waals surface area contributed by atoms with Gasteiger partial charge in [-0.1, -0.05) is 18.2 Å². The van der Waals surface area contributed by atoms with Crippen LogP contribution in [0.5, 0.6) is 5.75 Å². The van der Waals surface area contributed by atoms with Gasteiger partial charge in [0.25, 0.3) is 5.91 Å². The summed E-state index contributed by atoms with van der Waals surface area (Å²) in [4.78, 5) is 25.4. The number of nitrogens with one attached hydrogen (secondary N) is 1. The minimum absolute atomic E-state index is 0.0400. The molecule has 0 radical (unpaired) electrons. The normalized spacial score (nSPS) is 10.0. The fourth-order valence-corrected chi connectivity index (χ4v) is 2.01. The Bertz CT molecular complexity index is 694. The molecule has 0 unspecified atom stereocenters. The smallest absolute Gasteiger partial charge is 0.255 e. The molecule has 23 heavy (non-hydrogen) atoms. The van der Waals surface area contributed by atoms with Crippen molar-refractivity contribution in [3.8, 4) is 5.75 Å². The van der Waals surface area contributed by atoms with Gasteiger partial charge < -0.3 is 15.0 Å². The van der Waals surface area contributed by atoms with Gasteiger partial charge in [-0.3, -0.25) is 9.59 Å². The molecule has 5 heteroatoms. The first kappa shape index (κ1) is 16.5. The molecular formula is C18H20N2O3. The molecule has 0 saturated carbocycles. The lowest BCUT2D eigenvalue weighted by Crippen LogP contribution is -2.23. The van der Waals surface area contributed by atoms with Crippen LogP contribution in [-0.4, -0.2) is 37.9 Å². The molecule has 0 heterocycles. The van der Waals surface area contributed by atoms with Crippen molar-refractivity contribution in [2.24, 2.45) is 0 Å². The number of hydrogen-bond donors (Lipinski definition) is 1. The van der Waals surface area contributed by atoms with Crippen LogP contribution in [0.1, 0.15) is 15.9 Å². The van der Waals surface area contributed by atoms with Crippen LogP contribution in [0.3, 0.4) is 0 Å². The van der Waals surface area contributed by atoms with E-state index in [9.17, 15) is 9.59 Å². The Labute approximate surface area is 135 Å². The summed E-state index contributed by atoms with van der Waals surface area (Å²) in [6, 6.07) is 14.2. The number of anilines is 1. The molecule has 0 atom stereocenters. The van der Waals surface area contributed by atoms with Gasteiger partial charge in [0.1, 0.15) is 5.75 Å². The Morgan fingerprint density at radius 1 is 1.09 bits per heavy atom. The fraction of sp³-hybridized carbons (Fsp3) is 0.222. The number of benzene rings is 2. The number of amides is 2. The van der Waals surface area contributed by atoms with Crippen LogP contribution in [-0.2, 0) is 11.2 Å². The first-order valence-corrected chi connectivity index (χ1v) is 7.24. The third-order valence-corrected chi connectivity index (χ3v) is 3.40. The number of nitrogens with zero attached hydrogens (tertiary/aromatic N) is 1. The van der Waals surface area contributed by atoms with E-state index in [1.54, 1.807) is 62.5 Å². The Morgan fingerprint density at radius 2 is 1.78 bits per heavy atom. The zero-order valence-corrected chi connectivity index (χ0v) is 13.5. The quantitative estimate of drug-likeness (QED) is 0.923. The predicted octanol–water partition coefficient (Wildman–Crippen LogP) is 2.58. The largest absolute Gasteiger partial charge is 0.497 e. The average Bonchev–Trinajstić information content (AvgIpc) is 2.56. The number of likely N-dealkylation sites (N-methyl/N-ethyl adjacent to an activating group) is 1. The van der Waals surface area contributed by atoms with E-state index in [4.69, 9.17) is 4.74 Å². The first-order chi connectivity index (χ1) is 11.0. The van der Waals surface area contributed by atoms with Crippen molar-refractivity contribution in [1.29, 1.82) is 0 Å². The van der Waals surface area contributed by atoms with E-state index in [0.29, 0.717) is 23.4 Å². The number of carbonyl (C=O) groups excluding carboxylic acids is 2. The summed E-state index contributed by atoms with van der Waals surface area (Å²) in [6.45, 7) is 0. The van der Waals surface area contributed by atoms with Gasteiger partial charge in [0, 0.05) is 25.3 Å². The molecule has 0 aliphatic heterocycles. The number of ether oxygens (including phenoxy) is 1. The van der Waals surface area contributed by atoms with Crippen molar-refractivity contribution in [1.82, 2.24) is 4.90 Å². The maximum Gasteiger partial charge on any atom is 0.255 e. The van der Waals surface area contributed by atoms with E-state index in [0.717, 1.165) is 5.56 Å². The lowest BCUT2D eigenvalue weighted by atomic mass is 10.1. The first-order valence-electron chi connectivity index (χ1n) is 7.24. The number of methoxy groups -OCH3 is 1. The third-order valence-electron chi connectivity index (χ3n) is 3.40. The maximum absolute atomic E-state index is 12.2. The van der Waals surface area contributed by atoms with Crippen LogP contribution in [0.2, 0.25) is 0 Å². The van der Waals surface area contributed by atoms with Crippen LogP contribution in [0.15, 0.2) is 48.5 Å². The summed E-state index contributed by atoms with van der Waals surface area (Å²) in [6.07, 6.45) is 0.344. The van der Waals surface area contributed by atoms with Gasteiger partial charge in [-0.05, 0) is 35.9 Å². The molecule has 2 rings (SSSR count). The lowest BCUT2D eigenvalue weighted by molar-refractivity contribution is -0.127. The van der Waals surface area contributed by atoms with Crippen molar-refractivity contribution >= 4 is 17.5 Å². The second-order valence-corrected chi connectivity index (χ2v) is 5.35. The molecule has 0 aromatic heterocycles. The molecule has 5 nitrogen and oxygen atoms in total. The van der Waals surface area contributed by atoms with Gasteiger partial charge in [0.05, 0.1) is 13.5 Å². The average molecular weight is 312 g/mol. The van der Waals surface area contributed by atoms with Crippen molar-refractivity contribution in [2.45, 2.75) is 6.42 Å². The highest BCUT2D eigenvalue weighted by Gasteiger charge is 2.08. The van der Waals surface area contributed by atoms with E-state index in [-0.39, 0.29) is 11.8 Å². The molecule has 2 aromatic carbocycles. The standard InChI is InChI=1S/C18H20N2O3/c1-20(2)17(21)11-13-7-9-15(10-8-13)19-18(22)14-5-4-6-16(12-14)23-3/h4-10,12H,11H2,1-3H3,(H,19,22). The van der Waals surface area contributed by atoms with Crippen LogP contribution < -0.4 is 10.1 Å². The van der Waals surface area contributed by atoms with E-state index in [1.807, 2.05) is 12.1 Å². The summed E-state index contributed by atoms with van der Waals surface area (Å²) >= 11 is 0. The van der Waals surface area contributed by atoms with Gasteiger partial charge in [-0.25, -0.2) is 0 Å². The zero-order valence-electron chi connectivity index (χ0n) is 13.5. The van der Waals surface area contributed by atoms with Gasteiger partial charge >= 0.3 is 0 Å². The van der Waals surface area contributed by atoms with E-state index < -0.39 is 0 Å². The fourth-order valence-electron chi connectivity index (χ4n) is 2.01. The number of rotatable bonds is 5. The molecule has 2 aromatic rings. The van der Waals surface area contributed by atoms with Gasteiger partial charge in [0.15, 0.2) is 0 Å². The van der Waals surface area contributed by atoms with Crippen molar-refractivity contribution in [3.63, 3.8) is 0 Å². The Hall–Kier alpha value is -2.82. The molecule has 0 bridgehead atoms. The van der Waals surface area contributed by atoms with Gasteiger partial charge in [0.2, 0.25) is 5.91 Å². The van der Waals surface area contributed by atoms with Crippen LogP contribution in [0.4, 0.5) is 5.69 Å². The SMILES string of the molecule is COc1cccc(C(=O)Nc2ccc(CC(=O)N(C)C)cc2)c1. The van der Waals surface area contributed by atoms with Crippen LogP contribution in [0, 0.1) is 0 Å². The van der Waals surface area contributed by atoms with Crippen molar-refractivity contribution < 1.29 is 14.3 Å². The Kier molecular flexibility index (Phi) is 5.36. The topological polar surface area (TPSA) is 58.6 Å². The molecular weight excluding hydrogens is 292 g/mol. The molecule has 0 spiro atoms. The molecule has 1 N–H and O–H groups in total. The highest BCUT2D eigenvalue weighted by Crippen LogP contribution is 2.15. The maximum atomic E-state index is 12.2. The summed E-state index contributed by atoms with van der Waals surface area (Å²) < 4.78 is 5.11. The zero-order chi connectivity index (χ0) is 16.8. The molecule has 0 saturated heterocycles. The molecule has 2 amide bonds. The van der Waals surface area contributed by atoms with Gasteiger partial charge in [-0.15, -0.1) is 0 Å². The monoisotopic (exact) mass is 312 g/mol. The summed E-state index contributed by atoms with van der Waals surface area (Å²) in [5, 5.41) is 2.82. The summed E-state index contributed by atoms with van der Waals surface area (Å²) in [7, 11) is 5.01. The summed E-state index contributed by atoms with van der Waals surface area (Å²) in [5.41, 5.74) is 2.11. The minimum atomic E-state index is -0.207. The lowest BCUT2D eigenvalue weighted by Gasteiger charge is -2.11. The van der Waals surface area contributed by atoms with E-state index >= 15 is 0 Å². The third kappa shape index (κ3) is 4.57. The molecule has 0 aliphatic rings. The second-order valence-electron chi connectivity index (χ2n) is 5.35. The predicted molar refractivity (Wildman–Crippen MR) is 89.8 cm³/mol. The van der Waals surface area contributed by atoms with Crippen LogP contribution in [0.25, 0.3) is 0 Å². The Balaban J connectivity index is 2.02. The van der Waals surface area contributed by atoms with Crippen LogP contribution >= 0.6 is 0 Å². The molecule has 0 fully saturated rings. The van der Waals surface area contributed by atoms with Gasteiger partial charge in [-0.2, -0.15) is 0 Å². The minimum Gasteiger partial charge on any atom is -0.497 e. The van der Waals surface area contributed by atoms with E-state index in [2.05, 4.69) is 5.32 Å². The Morgan fingerprint density at radius 3 is 2.39 bits per heavy atom. The number of hydrogen-bond acceptors (Lipinski definition) is 3. The highest BCUT2D eigenvalue weighted by molar-refractivity contribution is 6.04. The second kappa shape index (κ2) is 7.45. The molecule has 120 valence electrons. The van der Waals surface area contributed by atoms with Crippen molar-refractivity contribution in [3.05, 3.63) is 59.7 Å². The van der Waals surface area contributed by atoms with E-state index in [1.165, 1.54) is 0 Å². The highest BCUT2D eigenvalue weighted by atomic mass is 16.5. The molecule has 0 aliphatic carbocycles. The summed E-state index contributed by atoms with van der Waals surface area (Å²) in [5.74, 6) is 0.467.